The van der Waals surface area contributed by atoms with Crippen LogP contribution < -0.4 is 10.6 Å². The lowest BCUT2D eigenvalue weighted by Gasteiger charge is -2.13. The largest absolute Gasteiger partial charge is 0.382 e. The number of urea groups is 1. The molecule has 1 aromatic rings. The van der Waals surface area contributed by atoms with Crippen LogP contribution in [0, 0.1) is 6.92 Å². The molecule has 0 aliphatic carbocycles. The van der Waals surface area contributed by atoms with Crippen molar-refractivity contribution in [3.05, 3.63) is 29.3 Å². The van der Waals surface area contributed by atoms with E-state index in [1.807, 2.05) is 25.1 Å². The number of benzene rings is 1. The number of nitrogens with one attached hydrogen (secondary N) is 2. The SMILES string of the molecule is CCc1cccc(C)c1NC(=O)NCOCCOC. The first-order valence-electron chi connectivity index (χ1n) is 6.39. The fourth-order valence-electron chi connectivity index (χ4n) is 1.69. The number of methoxy groups -OCH3 is 1. The minimum atomic E-state index is -0.263. The number of hydrogen-bond acceptors (Lipinski definition) is 3. The zero-order valence-electron chi connectivity index (χ0n) is 11.8. The first-order chi connectivity index (χ1) is 9.19. The van der Waals surface area contributed by atoms with E-state index in [2.05, 4.69) is 17.6 Å². The molecule has 0 bridgehead atoms. The predicted octanol–water partition coefficient (Wildman–Crippen LogP) is 2.30. The van der Waals surface area contributed by atoms with Gasteiger partial charge >= 0.3 is 6.03 Å². The van der Waals surface area contributed by atoms with Crippen molar-refractivity contribution in [1.29, 1.82) is 0 Å². The second kappa shape index (κ2) is 8.50. The maximum atomic E-state index is 11.7. The van der Waals surface area contributed by atoms with Gasteiger partial charge in [0.15, 0.2) is 0 Å². The Labute approximate surface area is 114 Å². The highest BCUT2D eigenvalue weighted by Crippen LogP contribution is 2.20. The smallest absolute Gasteiger partial charge is 0.321 e. The predicted molar refractivity (Wildman–Crippen MR) is 75.4 cm³/mol. The summed E-state index contributed by atoms with van der Waals surface area (Å²) in [5, 5.41) is 5.50. The number of anilines is 1. The third-order valence-corrected chi connectivity index (χ3v) is 2.75. The van der Waals surface area contributed by atoms with E-state index in [1.165, 1.54) is 0 Å². The van der Waals surface area contributed by atoms with E-state index in [0.29, 0.717) is 13.2 Å². The van der Waals surface area contributed by atoms with Crippen LogP contribution in [0.25, 0.3) is 0 Å². The van der Waals surface area contributed by atoms with Crippen LogP contribution in [0.2, 0.25) is 0 Å². The number of rotatable bonds is 7. The number of ether oxygens (including phenoxy) is 2. The third kappa shape index (κ3) is 5.28. The van der Waals surface area contributed by atoms with Crippen molar-refractivity contribution < 1.29 is 14.3 Å². The molecule has 19 heavy (non-hydrogen) atoms. The maximum Gasteiger partial charge on any atom is 0.321 e. The summed E-state index contributed by atoms with van der Waals surface area (Å²) in [7, 11) is 1.61. The zero-order valence-corrected chi connectivity index (χ0v) is 11.8. The molecule has 1 aromatic carbocycles. The Hall–Kier alpha value is -1.59. The van der Waals surface area contributed by atoms with Gasteiger partial charge in [0.1, 0.15) is 6.73 Å². The fourth-order valence-corrected chi connectivity index (χ4v) is 1.69. The van der Waals surface area contributed by atoms with E-state index >= 15 is 0 Å². The molecule has 0 heterocycles. The van der Waals surface area contributed by atoms with Gasteiger partial charge in [-0.1, -0.05) is 25.1 Å². The number of carbonyl (C=O) groups is 1. The summed E-state index contributed by atoms with van der Waals surface area (Å²) in [6.45, 7) is 5.18. The molecule has 106 valence electrons. The fraction of sp³-hybridized carbons (Fsp3) is 0.500. The molecule has 2 amide bonds. The van der Waals surface area contributed by atoms with Gasteiger partial charge < -0.3 is 20.1 Å². The maximum absolute atomic E-state index is 11.7. The van der Waals surface area contributed by atoms with Crippen LogP contribution in [-0.4, -0.2) is 33.1 Å². The zero-order chi connectivity index (χ0) is 14.1. The summed E-state index contributed by atoms with van der Waals surface area (Å²) in [4.78, 5) is 11.7. The van der Waals surface area contributed by atoms with E-state index in [9.17, 15) is 4.79 Å². The molecule has 0 atom stereocenters. The Morgan fingerprint density at radius 3 is 2.79 bits per heavy atom. The van der Waals surface area contributed by atoms with E-state index in [-0.39, 0.29) is 12.8 Å². The quantitative estimate of drug-likeness (QED) is 0.588. The summed E-state index contributed by atoms with van der Waals surface area (Å²) in [5.41, 5.74) is 3.05. The highest BCUT2D eigenvalue weighted by molar-refractivity contribution is 5.90. The lowest BCUT2D eigenvalue weighted by atomic mass is 10.1. The minimum absolute atomic E-state index is 0.169. The summed E-state index contributed by atoms with van der Waals surface area (Å²) < 4.78 is 10.0. The standard InChI is InChI=1S/C14H22N2O3/c1-4-12-7-5-6-11(2)13(12)16-14(17)15-10-19-9-8-18-3/h5-7H,4,8-10H2,1-3H3,(H2,15,16,17). The molecule has 0 aromatic heterocycles. The average molecular weight is 266 g/mol. The van der Waals surface area contributed by atoms with Crippen LogP contribution in [0.3, 0.4) is 0 Å². The molecule has 0 fully saturated rings. The molecule has 0 saturated heterocycles. The van der Waals surface area contributed by atoms with Gasteiger partial charge in [-0.05, 0) is 24.5 Å². The van der Waals surface area contributed by atoms with Crippen molar-refractivity contribution in [3.63, 3.8) is 0 Å². The number of carbonyl (C=O) groups excluding carboxylic acids is 1. The molecular formula is C14H22N2O3. The molecular weight excluding hydrogens is 244 g/mol. The Morgan fingerprint density at radius 1 is 1.32 bits per heavy atom. The van der Waals surface area contributed by atoms with Gasteiger partial charge in [0, 0.05) is 12.8 Å². The molecule has 0 aliphatic heterocycles. The van der Waals surface area contributed by atoms with Gasteiger partial charge in [-0.2, -0.15) is 0 Å². The molecule has 1 rings (SSSR count). The lowest BCUT2D eigenvalue weighted by molar-refractivity contribution is 0.0650. The number of aryl methyl sites for hydroxylation is 2. The van der Waals surface area contributed by atoms with Gasteiger partial charge in [-0.3, -0.25) is 0 Å². The number of para-hydroxylation sites is 1. The van der Waals surface area contributed by atoms with Gasteiger partial charge in [-0.15, -0.1) is 0 Å². The topological polar surface area (TPSA) is 59.6 Å². The first kappa shape index (κ1) is 15.5. The normalized spacial score (nSPS) is 10.3. The van der Waals surface area contributed by atoms with E-state index < -0.39 is 0 Å². The molecule has 0 unspecified atom stereocenters. The van der Waals surface area contributed by atoms with Crippen LogP contribution >= 0.6 is 0 Å². The van der Waals surface area contributed by atoms with Crippen molar-refractivity contribution in [1.82, 2.24) is 5.32 Å². The van der Waals surface area contributed by atoms with Crippen LogP contribution in [0.4, 0.5) is 10.5 Å². The highest BCUT2D eigenvalue weighted by Gasteiger charge is 2.07. The monoisotopic (exact) mass is 266 g/mol. The second-order valence-electron chi connectivity index (χ2n) is 4.14. The summed E-state index contributed by atoms with van der Waals surface area (Å²) in [6.07, 6.45) is 0.877. The summed E-state index contributed by atoms with van der Waals surface area (Å²) >= 11 is 0. The van der Waals surface area contributed by atoms with Crippen LogP contribution in [0.15, 0.2) is 18.2 Å². The summed E-state index contributed by atoms with van der Waals surface area (Å²) in [5.74, 6) is 0. The molecule has 5 nitrogen and oxygen atoms in total. The Balaban J connectivity index is 2.44. The lowest BCUT2D eigenvalue weighted by Crippen LogP contribution is -2.31. The van der Waals surface area contributed by atoms with Crippen molar-refractivity contribution >= 4 is 11.7 Å². The van der Waals surface area contributed by atoms with Crippen LogP contribution in [-0.2, 0) is 15.9 Å². The molecule has 0 radical (unpaired) electrons. The van der Waals surface area contributed by atoms with Crippen LogP contribution in [0.1, 0.15) is 18.1 Å². The average Bonchev–Trinajstić information content (AvgIpc) is 2.41. The van der Waals surface area contributed by atoms with Gasteiger partial charge in [0.05, 0.1) is 13.2 Å². The first-order valence-corrected chi connectivity index (χ1v) is 6.39. The molecule has 5 heteroatoms. The van der Waals surface area contributed by atoms with Gasteiger partial charge in [-0.25, -0.2) is 4.79 Å². The molecule has 0 spiro atoms. The minimum Gasteiger partial charge on any atom is -0.382 e. The molecule has 0 aliphatic rings. The highest BCUT2D eigenvalue weighted by atomic mass is 16.5. The third-order valence-electron chi connectivity index (χ3n) is 2.75. The van der Waals surface area contributed by atoms with Crippen molar-refractivity contribution in [2.45, 2.75) is 20.3 Å². The number of amides is 2. The molecule has 2 N–H and O–H groups in total. The van der Waals surface area contributed by atoms with Crippen molar-refractivity contribution in [2.24, 2.45) is 0 Å². The Kier molecular flexibility index (Phi) is 6.92. The van der Waals surface area contributed by atoms with Crippen molar-refractivity contribution in [2.75, 3.05) is 32.4 Å². The molecule has 0 saturated carbocycles. The van der Waals surface area contributed by atoms with E-state index in [1.54, 1.807) is 7.11 Å². The Bertz CT molecular complexity index is 408. The van der Waals surface area contributed by atoms with Gasteiger partial charge in [0.2, 0.25) is 0 Å². The van der Waals surface area contributed by atoms with E-state index in [4.69, 9.17) is 9.47 Å². The number of hydrogen-bond donors (Lipinski definition) is 2. The Morgan fingerprint density at radius 2 is 2.11 bits per heavy atom. The van der Waals surface area contributed by atoms with Crippen molar-refractivity contribution in [3.8, 4) is 0 Å². The van der Waals surface area contributed by atoms with Crippen LogP contribution in [0.5, 0.6) is 0 Å². The summed E-state index contributed by atoms with van der Waals surface area (Å²) in [6, 6.07) is 5.72. The van der Waals surface area contributed by atoms with E-state index in [0.717, 1.165) is 23.2 Å². The van der Waals surface area contributed by atoms with Gasteiger partial charge in [0.25, 0.3) is 0 Å². The second-order valence-corrected chi connectivity index (χ2v) is 4.14.